The fourth-order valence-electron chi connectivity index (χ4n) is 6.06. The highest BCUT2D eigenvalue weighted by atomic mass is 16.7. The molecule has 0 saturated carbocycles. The minimum Gasteiger partial charge on any atom is -0.369 e. The van der Waals surface area contributed by atoms with E-state index in [9.17, 15) is 0 Å². The smallest absolute Gasteiger partial charge is 0.190 e. The minimum absolute atomic E-state index is 0.279. The first-order valence-corrected chi connectivity index (χ1v) is 15.3. The lowest BCUT2D eigenvalue weighted by Gasteiger charge is -2.49. The highest BCUT2D eigenvalue weighted by Gasteiger charge is 2.58. The molecule has 2 saturated heterocycles. The summed E-state index contributed by atoms with van der Waals surface area (Å²) in [5, 5.41) is 1.97. The van der Waals surface area contributed by atoms with Gasteiger partial charge in [0, 0.05) is 20.1 Å². The number of hydrogen-bond acceptors (Lipinski definition) is 7. The molecule has 230 valence electrons. The largest absolute Gasteiger partial charge is 0.369 e. The maximum atomic E-state index is 6.91. The van der Waals surface area contributed by atoms with E-state index in [4.69, 9.17) is 28.5 Å². The van der Waals surface area contributed by atoms with E-state index in [1.54, 1.807) is 7.11 Å². The molecule has 6 rings (SSSR count). The predicted molar refractivity (Wildman–Crippen MR) is 167 cm³/mol. The van der Waals surface area contributed by atoms with E-state index in [-0.39, 0.29) is 6.61 Å². The van der Waals surface area contributed by atoms with Crippen molar-refractivity contribution in [3.05, 3.63) is 144 Å². The van der Waals surface area contributed by atoms with Gasteiger partial charge in [0.1, 0.15) is 24.4 Å². The van der Waals surface area contributed by atoms with Crippen molar-refractivity contribution in [1.29, 1.82) is 0 Å². The summed E-state index contributed by atoms with van der Waals surface area (Å²) in [6, 6.07) is 40.4. The average Bonchev–Trinajstić information content (AvgIpc) is 3.22. The van der Waals surface area contributed by atoms with Crippen molar-refractivity contribution in [3.8, 4) is 0 Å². The van der Waals surface area contributed by atoms with Crippen molar-refractivity contribution in [1.82, 2.24) is 5.06 Å². The quantitative estimate of drug-likeness (QED) is 0.190. The zero-order valence-corrected chi connectivity index (χ0v) is 25.2. The lowest BCUT2D eigenvalue weighted by molar-refractivity contribution is -0.366. The predicted octanol–water partition coefficient (Wildman–Crippen LogP) is 6.32. The van der Waals surface area contributed by atoms with Gasteiger partial charge in [0.05, 0.1) is 33.0 Å². The molecule has 2 heterocycles. The molecule has 2 aliphatic rings. The Hall–Kier alpha value is -3.40. The molecule has 0 aromatic heterocycles. The summed E-state index contributed by atoms with van der Waals surface area (Å²) in [6.07, 6.45) is -0.909. The Kier molecular flexibility index (Phi) is 10.5. The van der Waals surface area contributed by atoms with Crippen LogP contribution in [0, 0.1) is 0 Å². The van der Waals surface area contributed by atoms with Crippen molar-refractivity contribution in [2.45, 2.75) is 62.9 Å². The molecule has 4 aromatic rings. The van der Waals surface area contributed by atoms with Crippen molar-refractivity contribution >= 4 is 0 Å². The maximum absolute atomic E-state index is 6.91. The van der Waals surface area contributed by atoms with E-state index in [0.29, 0.717) is 39.4 Å². The number of benzene rings is 4. The Balaban J connectivity index is 1.37. The monoisotopic (exact) mass is 595 g/mol. The fraction of sp³-hybridized carbons (Fsp3) is 0.351. The van der Waals surface area contributed by atoms with Crippen LogP contribution in [0.5, 0.6) is 0 Å². The summed E-state index contributed by atoms with van der Waals surface area (Å²) < 4.78 is 33.4. The van der Waals surface area contributed by atoms with Crippen molar-refractivity contribution in [2.24, 2.45) is 0 Å². The number of hydroxylamine groups is 2. The summed E-state index contributed by atoms with van der Waals surface area (Å²) in [5.41, 5.74) is 4.33. The van der Waals surface area contributed by atoms with E-state index in [1.165, 1.54) is 0 Å². The number of ether oxygens (including phenoxy) is 5. The second kappa shape index (κ2) is 15.1. The van der Waals surface area contributed by atoms with Crippen LogP contribution in [0.1, 0.15) is 28.7 Å². The van der Waals surface area contributed by atoms with Crippen LogP contribution in [-0.4, -0.2) is 55.5 Å². The molecule has 2 fully saturated rings. The molecule has 7 nitrogen and oxygen atoms in total. The normalized spacial score (nSPS) is 25.7. The van der Waals surface area contributed by atoms with Gasteiger partial charge in [-0.15, -0.1) is 0 Å². The van der Waals surface area contributed by atoms with Gasteiger partial charge in [-0.25, -0.2) is 0 Å². The molecule has 0 N–H and O–H groups in total. The van der Waals surface area contributed by atoms with Gasteiger partial charge in [0.15, 0.2) is 5.79 Å². The second-order valence-electron chi connectivity index (χ2n) is 11.3. The molecule has 44 heavy (non-hydrogen) atoms. The molecule has 5 atom stereocenters. The first-order chi connectivity index (χ1) is 21.7. The summed E-state index contributed by atoms with van der Waals surface area (Å²) in [6.45, 7) is 2.47. The number of nitrogens with zero attached hydrogens (tertiary/aromatic N) is 1. The van der Waals surface area contributed by atoms with E-state index in [1.807, 2.05) is 77.9 Å². The maximum Gasteiger partial charge on any atom is 0.190 e. The SMILES string of the molecule is CO[C@]12CCON(Cc3ccccc3)[C@H]1[C@H](OCc1ccccc1)C(OCc1ccccc1)C(OCc1ccccc1)CO2. The topological polar surface area (TPSA) is 58.6 Å². The Morgan fingerprint density at radius 1 is 0.636 bits per heavy atom. The van der Waals surface area contributed by atoms with Crippen LogP contribution in [0.15, 0.2) is 121 Å². The molecule has 0 radical (unpaired) electrons. The zero-order valence-electron chi connectivity index (χ0n) is 25.2. The third kappa shape index (κ3) is 7.45. The standard InChI is InChI=1S/C37H41NO6/c1-39-37-22-23-44-38(24-29-14-6-2-7-15-29)36(37)35(42-27-32-20-12-5-13-21-32)34(41-26-31-18-10-4-11-19-31)33(28-43-37)40-25-30-16-8-3-9-17-30/h2-21,33-36H,22-28H2,1H3/t33?,34?,35-,36+,37+/m1/s1. The van der Waals surface area contributed by atoms with Crippen LogP contribution >= 0.6 is 0 Å². The highest BCUT2D eigenvalue weighted by molar-refractivity contribution is 5.17. The van der Waals surface area contributed by atoms with E-state index < -0.39 is 30.1 Å². The van der Waals surface area contributed by atoms with E-state index >= 15 is 0 Å². The molecule has 2 aliphatic heterocycles. The van der Waals surface area contributed by atoms with Crippen LogP contribution in [0.25, 0.3) is 0 Å². The first-order valence-electron chi connectivity index (χ1n) is 15.3. The third-order valence-corrected chi connectivity index (χ3v) is 8.37. The third-order valence-electron chi connectivity index (χ3n) is 8.37. The lowest BCUT2D eigenvalue weighted by Crippen LogP contribution is -2.65. The summed E-state index contributed by atoms with van der Waals surface area (Å²) >= 11 is 0. The molecular weight excluding hydrogens is 554 g/mol. The number of methoxy groups -OCH3 is 1. The van der Waals surface area contributed by atoms with Gasteiger partial charge in [-0.05, 0) is 22.3 Å². The van der Waals surface area contributed by atoms with Gasteiger partial charge in [-0.1, -0.05) is 121 Å². The summed E-state index contributed by atoms with van der Waals surface area (Å²) in [5.74, 6) is -0.992. The average molecular weight is 596 g/mol. The van der Waals surface area contributed by atoms with Gasteiger partial charge in [0.25, 0.3) is 0 Å². The molecule has 0 spiro atoms. The van der Waals surface area contributed by atoms with Crippen molar-refractivity contribution in [2.75, 3.05) is 20.3 Å². The van der Waals surface area contributed by atoms with Gasteiger partial charge in [-0.2, -0.15) is 5.06 Å². The van der Waals surface area contributed by atoms with Gasteiger partial charge in [0.2, 0.25) is 0 Å². The Labute approximate surface area is 260 Å². The molecule has 0 aliphatic carbocycles. The van der Waals surface area contributed by atoms with E-state index in [2.05, 4.69) is 48.5 Å². The minimum atomic E-state index is -0.992. The van der Waals surface area contributed by atoms with Crippen molar-refractivity contribution in [3.63, 3.8) is 0 Å². The molecule has 4 aromatic carbocycles. The number of hydrogen-bond donors (Lipinski definition) is 0. The number of fused-ring (bicyclic) bond motifs is 1. The summed E-state index contributed by atoms with van der Waals surface area (Å²) in [4.78, 5) is 6.39. The van der Waals surface area contributed by atoms with Gasteiger partial charge >= 0.3 is 0 Å². The molecule has 7 heteroatoms. The molecule has 0 amide bonds. The van der Waals surface area contributed by atoms with Crippen LogP contribution in [0.4, 0.5) is 0 Å². The second-order valence-corrected chi connectivity index (χ2v) is 11.3. The molecule has 2 unspecified atom stereocenters. The van der Waals surface area contributed by atoms with Crippen LogP contribution in [0.2, 0.25) is 0 Å². The van der Waals surface area contributed by atoms with Crippen molar-refractivity contribution < 1.29 is 28.5 Å². The first kappa shape index (κ1) is 30.6. The molecule has 0 bridgehead atoms. The summed E-state index contributed by atoms with van der Waals surface area (Å²) in [7, 11) is 1.71. The van der Waals surface area contributed by atoms with Crippen LogP contribution in [0.3, 0.4) is 0 Å². The molecular formula is C37H41NO6. The fourth-order valence-corrected chi connectivity index (χ4v) is 6.06. The van der Waals surface area contributed by atoms with Crippen LogP contribution < -0.4 is 0 Å². The highest BCUT2D eigenvalue weighted by Crippen LogP contribution is 2.40. The number of rotatable bonds is 12. The van der Waals surface area contributed by atoms with E-state index in [0.717, 1.165) is 22.3 Å². The van der Waals surface area contributed by atoms with Gasteiger partial charge < -0.3 is 23.7 Å². The zero-order chi connectivity index (χ0) is 30.0. The van der Waals surface area contributed by atoms with Crippen LogP contribution in [-0.2, 0) is 54.9 Å². The Morgan fingerprint density at radius 2 is 1.11 bits per heavy atom. The lowest BCUT2D eigenvalue weighted by atomic mass is 9.91. The Morgan fingerprint density at radius 3 is 1.64 bits per heavy atom. The van der Waals surface area contributed by atoms with Gasteiger partial charge in [-0.3, -0.25) is 4.84 Å². The Bertz CT molecular complexity index is 1390.